The molecule has 0 aliphatic rings. The Kier molecular flexibility index (Phi) is 6.82. The fourth-order valence-electron chi connectivity index (χ4n) is 2.50. The van der Waals surface area contributed by atoms with Crippen LogP contribution in [0.3, 0.4) is 0 Å². The number of benzene rings is 1. The maximum Gasteiger partial charge on any atom is 0.332 e. The molecule has 0 aliphatic carbocycles. The van der Waals surface area contributed by atoms with E-state index in [9.17, 15) is 20.0 Å². The number of nitro groups is 1. The number of ether oxygens (including phenoxy) is 3. The fourth-order valence-corrected chi connectivity index (χ4v) is 3.16. The molecule has 0 saturated heterocycles. The standard InChI is InChI=1S/C18H23N3O8Si/c1-7-10-8-11(28-18-19-12(26-2)9-13(20-18)27-3)14(16(22)15(10)21(24)25)17(23)29-30(4,5)6/h8-9,22H,7H2,1-6H3. The van der Waals surface area contributed by atoms with Gasteiger partial charge in [0.15, 0.2) is 0 Å². The normalized spacial score (nSPS) is 11.0. The molecule has 0 radical (unpaired) electrons. The van der Waals surface area contributed by atoms with Crippen LogP contribution >= 0.6 is 0 Å². The zero-order valence-corrected chi connectivity index (χ0v) is 18.5. The van der Waals surface area contributed by atoms with E-state index in [4.69, 9.17) is 18.6 Å². The Morgan fingerprint density at radius 3 is 2.17 bits per heavy atom. The molecule has 0 amide bonds. The van der Waals surface area contributed by atoms with Crippen molar-refractivity contribution in [2.45, 2.75) is 33.0 Å². The lowest BCUT2D eigenvalue weighted by molar-refractivity contribution is -0.386. The number of hydrogen-bond donors (Lipinski definition) is 1. The first-order valence-electron chi connectivity index (χ1n) is 8.92. The summed E-state index contributed by atoms with van der Waals surface area (Å²) in [6, 6.07) is 2.45. The van der Waals surface area contributed by atoms with Crippen LogP contribution in [0.25, 0.3) is 0 Å². The van der Waals surface area contributed by atoms with Crippen LogP contribution in [0.2, 0.25) is 19.6 Å². The molecular formula is C18H23N3O8Si. The van der Waals surface area contributed by atoms with Crippen molar-refractivity contribution < 1.29 is 33.5 Å². The molecule has 1 aromatic heterocycles. The number of aryl methyl sites for hydroxylation is 1. The van der Waals surface area contributed by atoms with Gasteiger partial charge in [0.1, 0.15) is 11.3 Å². The summed E-state index contributed by atoms with van der Waals surface area (Å²) in [5.74, 6) is -1.71. The van der Waals surface area contributed by atoms with E-state index in [1.165, 1.54) is 26.4 Å². The number of nitro benzene ring substituents is 1. The SMILES string of the molecule is CCc1cc(Oc2nc(OC)cc(OC)n2)c(C(=O)O[Si](C)(C)C)c(O)c1[N+](=O)[O-]. The van der Waals surface area contributed by atoms with Crippen LogP contribution in [-0.4, -0.2) is 48.5 Å². The first-order valence-corrected chi connectivity index (χ1v) is 12.3. The molecule has 162 valence electrons. The van der Waals surface area contributed by atoms with Crippen LogP contribution in [0.4, 0.5) is 5.69 Å². The molecule has 0 atom stereocenters. The Bertz CT molecular complexity index is 953. The largest absolute Gasteiger partial charge is 0.516 e. The lowest BCUT2D eigenvalue weighted by atomic mass is 10.0. The summed E-state index contributed by atoms with van der Waals surface area (Å²) in [6.45, 7) is 6.94. The predicted octanol–water partition coefficient (Wildman–Crippen LogP) is 3.45. The van der Waals surface area contributed by atoms with Gasteiger partial charge in [-0.15, -0.1) is 0 Å². The van der Waals surface area contributed by atoms with Crippen LogP contribution in [0.15, 0.2) is 12.1 Å². The smallest absolute Gasteiger partial charge is 0.332 e. The Hall–Kier alpha value is -3.41. The zero-order valence-electron chi connectivity index (χ0n) is 17.5. The number of methoxy groups -OCH3 is 2. The Balaban J connectivity index is 2.69. The lowest BCUT2D eigenvalue weighted by Crippen LogP contribution is -2.29. The van der Waals surface area contributed by atoms with Crippen LogP contribution in [-0.2, 0) is 10.8 Å². The minimum absolute atomic E-state index is 0.130. The van der Waals surface area contributed by atoms with Crippen LogP contribution in [0, 0.1) is 10.1 Å². The van der Waals surface area contributed by atoms with E-state index in [2.05, 4.69) is 9.97 Å². The second-order valence-electron chi connectivity index (χ2n) is 7.06. The van der Waals surface area contributed by atoms with Gasteiger partial charge in [-0.25, -0.2) is 4.79 Å². The highest BCUT2D eigenvalue weighted by Gasteiger charge is 2.33. The van der Waals surface area contributed by atoms with E-state index < -0.39 is 36.2 Å². The monoisotopic (exact) mass is 437 g/mol. The summed E-state index contributed by atoms with van der Waals surface area (Å²) in [4.78, 5) is 31.6. The van der Waals surface area contributed by atoms with Gasteiger partial charge in [0.2, 0.25) is 25.8 Å². The molecule has 1 aromatic carbocycles. The molecule has 2 rings (SSSR count). The number of phenols is 1. The van der Waals surface area contributed by atoms with Crippen molar-refractivity contribution in [3.8, 4) is 29.3 Å². The van der Waals surface area contributed by atoms with Crippen molar-refractivity contribution in [2.24, 2.45) is 0 Å². The van der Waals surface area contributed by atoms with Crippen molar-refractivity contribution in [3.63, 3.8) is 0 Å². The molecular weight excluding hydrogens is 414 g/mol. The summed E-state index contributed by atoms with van der Waals surface area (Å²) in [6.07, 6.45) is 0.200. The average molecular weight is 437 g/mol. The Morgan fingerprint density at radius 1 is 1.17 bits per heavy atom. The minimum atomic E-state index is -2.39. The number of carbonyl (C=O) groups excluding carboxylic acids is 1. The highest BCUT2D eigenvalue weighted by atomic mass is 28.4. The maximum absolute atomic E-state index is 12.8. The quantitative estimate of drug-likeness (QED) is 0.370. The van der Waals surface area contributed by atoms with Crippen molar-refractivity contribution in [2.75, 3.05) is 14.2 Å². The minimum Gasteiger partial charge on any atom is -0.516 e. The zero-order chi connectivity index (χ0) is 22.6. The van der Waals surface area contributed by atoms with Crippen molar-refractivity contribution in [1.29, 1.82) is 0 Å². The molecule has 0 aliphatic heterocycles. The van der Waals surface area contributed by atoms with E-state index >= 15 is 0 Å². The molecule has 0 unspecified atom stereocenters. The van der Waals surface area contributed by atoms with Crippen molar-refractivity contribution in [3.05, 3.63) is 33.4 Å². The highest BCUT2D eigenvalue weighted by Crippen LogP contribution is 2.42. The molecule has 0 saturated carbocycles. The number of aromatic nitrogens is 2. The molecule has 1 N–H and O–H groups in total. The first kappa shape index (κ1) is 22.9. The third-order valence-electron chi connectivity index (χ3n) is 3.76. The number of rotatable bonds is 8. The Labute approximate surface area is 173 Å². The third kappa shape index (κ3) is 5.14. The van der Waals surface area contributed by atoms with E-state index in [0.29, 0.717) is 0 Å². The molecule has 1 heterocycles. The second kappa shape index (κ2) is 8.94. The highest BCUT2D eigenvalue weighted by molar-refractivity contribution is 6.71. The third-order valence-corrected chi connectivity index (χ3v) is 4.56. The Morgan fingerprint density at radius 2 is 1.73 bits per heavy atom. The maximum atomic E-state index is 12.8. The molecule has 11 nitrogen and oxygen atoms in total. The lowest BCUT2D eigenvalue weighted by Gasteiger charge is -2.19. The van der Waals surface area contributed by atoms with Gasteiger partial charge in [0.25, 0.3) is 0 Å². The number of nitrogens with zero attached hydrogens (tertiary/aromatic N) is 3. The van der Waals surface area contributed by atoms with Gasteiger partial charge in [-0.2, -0.15) is 9.97 Å². The van der Waals surface area contributed by atoms with Gasteiger partial charge in [-0.3, -0.25) is 10.1 Å². The summed E-state index contributed by atoms with van der Waals surface area (Å²) in [5.41, 5.74) is -0.907. The molecule has 30 heavy (non-hydrogen) atoms. The topological polar surface area (TPSA) is 143 Å². The fraction of sp³-hybridized carbons (Fsp3) is 0.389. The van der Waals surface area contributed by atoms with Gasteiger partial charge in [-0.1, -0.05) is 6.92 Å². The van der Waals surface area contributed by atoms with Crippen LogP contribution < -0.4 is 14.2 Å². The van der Waals surface area contributed by atoms with E-state index in [1.807, 2.05) is 0 Å². The van der Waals surface area contributed by atoms with E-state index in [0.717, 1.165) is 0 Å². The molecule has 0 fully saturated rings. The summed E-state index contributed by atoms with van der Waals surface area (Å²) in [7, 11) is 0.374. The first-order chi connectivity index (χ1) is 14.0. The van der Waals surface area contributed by atoms with E-state index in [1.54, 1.807) is 26.6 Å². The number of carbonyl (C=O) groups is 1. The van der Waals surface area contributed by atoms with Gasteiger partial charge in [0, 0.05) is 5.56 Å². The van der Waals surface area contributed by atoms with Crippen molar-refractivity contribution >= 4 is 20.0 Å². The number of aromatic hydroxyl groups is 1. The van der Waals surface area contributed by atoms with Crippen LogP contribution in [0.5, 0.6) is 29.3 Å². The summed E-state index contributed by atoms with van der Waals surface area (Å²) >= 11 is 0. The van der Waals surface area contributed by atoms with E-state index in [-0.39, 0.29) is 35.5 Å². The molecule has 12 heteroatoms. The van der Waals surface area contributed by atoms with Crippen LogP contribution in [0.1, 0.15) is 22.8 Å². The second-order valence-corrected chi connectivity index (χ2v) is 11.5. The number of hydrogen-bond acceptors (Lipinski definition) is 10. The van der Waals surface area contributed by atoms with Gasteiger partial charge >= 0.3 is 17.7 Å². The average Bonchev–Trinajstić information content (AvgIpc) is 2.65. The van der Waals surface area contributed by atoms with Gasteiger partial charge < -0.3 is 23.7 Å². The summed E-state index contributed by atoms with van der Waals surface area (Å²) in [5, 5.41) is 22.1. The predicted molar refractivity (Wildman–Crippen MR) is 108 cm³/mol. The van der Waals surface area contributed by atoms with Crippen molar-refractivity contribution in [1.82, 2.24) is 9.97 Å². The molecule has 0 bridgehead atoms. The summed E-state index contributed by atoms with van der Waals surface area (Å²) < 4.78 is 21.2. The van der Waals surface area contributed by atoms with Gasteiger partial charge in [-0.05, 0) is 32.1 Å². The molecule has 2 aromatic rings. The molecule has 0 spiro atoms. The van der Waals surface area contributed by atoms with Gasteiger partial charge in [0.05, 0.1) is 25.2 Å². The number of phenolic OH excluding ortho intramolecular Hbond substituents is 1.